The van der Waals surface area contributed by atoms with Crippen molar-refractivity contribution in [3.05, 3.63) is 91.5 Å². The van der Waals surface area contributed by atoms with Crippen molar-refractivity contribution in [3.63, 3.8) is 0 Å². The van der Waals surface area contributed by atoms with Gasteiger partial charge in [-0.15, -0.1) is 0 Å². The molecule has 160 valence electrons. The van der Waals surface area contributed by atoms with E-state index >= 15 is 0 Å². The van der Waals surface area contributed by atoms with E-state index in [1.807, 2.05) is 19.9 Å². The van der Waals surface area contributed by atoms with Crippen molar-refractivity contribution in [2.24, 2.45) is 10.8 Å². The molecule has 0 aliphatic carbocycles. The van der Waals surface area contributed by atoms with Crippen molar-refractivity contribution >= 4 is 5.97 Å². The van der Waals surface area contributed by atoms with Crippen LogP contribution in [0.5, 0.6) is 0 Å². The van der Waals surface area contributed by atoms with E-state index in [1.54, 1.807) is 30.8 Å². The van der Waals surface area contributed by atoms with E-state index in [0.29, 0.717) is 35.6 Å². The van der Waals surface area contributed by atoms with Crippen molar-refractivity contribution in [3.8, 4) is 0 Å². The first-order chi connectivity index (χ1) is 14.0. The third kappa shape index (κ3) is 5.96. The maximum absolute atomic E-state index is 13.2. The van der Waals surface area contributed by atoms with E-state index in [1.165, 1.54) is 0 Å². The third-order valence-electron chi connectivity index (χ3n) is 4.87. The van der Waals surface area contributed by atoms with Crippen LogP contribution in [-0.2, 0) is 14.3 Å². The molecule has 0 spiro atoms. The molecule has 30 heavy (non-hydrogen) atoms. The molecule has 0 fully saturated rings. The van der Waals surface area contributed by atoms with Crippen LogP contribution in [0.25, 0.3) is 0 Å². The van der Waals surface area contributed by atoms with Crippen molar-refractivity contribution in [2.45, 2.75) is 46.6 Å². The Balaban J connectivity index is 2.57. The van der Waals surface area contributed by atoms with Gasteiger partial charge in [-0.2, -0.15) is 0 Å². The van der Waals surface area contributed by atoms with E-state index in [-0.39, 0.29) is 11.4 Å². The van der Waals surface area contributed by atoms with Crippen LogP contribution < -0.4 is 0 Å². The Hall–Kier alpha value is -3.08. The molecule has 2 heterocycles. The van der Waals surface area contributed by atoms with Gasteiger partial charge in [-0.3, -0.25) is 4.79 Å². The van der Waals surface area contributed by atoms with Gasteiger partial charge in [-0.1, -0.05) is 51.8 Å². The fourth-order valence-corrected chi connectivity index (χ4v) is 3.92. The molecule has 1 aromatic heterocycles. The van der Waals surface area contributed by atoms with Gasteiger partial charge in [0.15, 0.2) is 6.10 Å². The monoisotopic (exact) mass is 408 g/mol. The lowest BCUT2D eigenvalue weighted by Gasteiger charge is -2.35. The van der Waals surface area contributed by atoms with Crippen LogP contribution in [0.1, 0.15) is 52.3 Å². The molecule has 5 nitrogen and oxygen atoms in total. The van der Waals surface area contributed by atoms with Crippen molar-refractivity contribution in [2.75, 3.05) is 0 Å². The first-order valence-corrected chi connectivity index (χ1v) is 9.89. The number of imidazole rings is 1. The van der Waals surface area contributed by atoms with Crippen molar-refractivity contribution < 1.29 is 14.3 Å². The maximum Gasteiger partial charge on any atom is 0.312 e. The van der Waals surface area contributed by atoms with E-state index < -0.39 is 11.5 Å². The molecule has 5 heteroatoms. The number of hydrogen-bond donors (Lipinski definition) is 1. The number of nitrogens with zero attached hydrogens (tertiary/aromatic N) is 1. The SMILES string of the molecule is C=C/C1=C\C(=C)CC(C)(C)CC(C)(C)C(=O)OC(c2cnc[nH]2)/C(C=C)=C/C(=C)O1. The molecule has 1 atom stereocenters. The number of allylic oxidation sites excluding steroid dienone is 4. The highest BCUT2D eigenvalue weighted by molar-refractivity contribution is 5.76. The Bertz CT molecular complexity index is 899. The number of aromatic nitrogens is 2. The zero-order valence-corrected chi connectivity index (χ0v) is 18.5. The number of ether oxygens (including phenoxy) is 2. The van der Waals surface area contributed by atoms with Gasteiger partial charge in [0.1, 0.15) is 11.5 Å². The Morgan fingerprint density at radius 3 is 2.43 bits per heavy atom. The van der Waals surface area contributed by atoms with Gasteiger partial charge in [0.05, 0.1) is 23.6 Å². The van der Waals surface area contributed by atoms with Crippen molar-refractivity contribution in [1.82, 2.24) is 9.97 Å². The van der Waals surface area contributed by atoms with Gasteiger partial charge < -0.3 is 14.5 Å². The lowest BCUT2D eigenvalue weighted by molar-refractivity contribution is -0.160. The number of hydrogen-bond acceptors (Lipinski definition) is 4. The van der Waals surface area contributed by atoms with Crippen LogP contribution in [0.4, 0.5) is 0 Å². The summed E-state index contributed by atoms with van der Waals surface area (Å²) < 4.78 is 11.8. The Morgan fingerprint density at radius 1 is 1.17 bits per heavy atom. The molecular weight excluding hydrogens is 376 g/mol. The van der Waals surface area contributed by atoms with Gasteiger partial charge >= 0.3 is 5.97 Å². The molecule has 1 aliphatic rings. The minimum absolute atomic E-state index is 0.190. The van der Waals surface area contributed by atoms with E-state index in [0.717, 1.165) is 5.57 Å². The highest BCUT2D eigenvalue weighted by Gasteiger charge is 2.38. The number of nitrogens with one attached hydrogen (secondary N) is 1. The molecule has 0 radical (unpaired) electrons. The molecule has 0 bridgehead atoms. The second-order valence-electron chi connectivity index (χ2n) is 9.02. The van der Waals surface area contributed by atoms with Gasteiger partial charge in [0, 0.05) is 5.57 Å². The summed E-state index contributed by atoms with van der Waals surface area (Å²) in [5.41, 5.74) is 1.23. The summed E-state index contributed by atoms with van der Waals surface area (Å²) in [6, 6.07) is 0. The zero-order chi connectivity index (χ0) is 22.5. The van der Waals surface area contributed by atoms with Crippen molar-refractivity contribution in [1.29, 1.82) is 0 Å². The predicted octanol–water partition coefficient (Wildman–Crippen LogP) is 6.11. The summed E-state index contributed by atoms with van der Waals surface area (Å²) in [7, 11) is 0. The number of carbonyl (C=O) groups excluding carboxylic acids is 1. The highest BCUT2D eigenvalue weighted by Crippen LogP contribution is 2.41. The van der Waals surface area contributed by atoms with Crippen LogP contribution in [0.3, 0.4) is 0 Å². The number of carbonyl (C=O) groups is 1. The lowest BCUT2D eigenvalue weighted by atomic mass is 9.72. The fraction of sp³-hybridized carbons (Fsp3) is 0.360. The van der Waals surface area contributed by atoms with Gasteiger partial charge in [0.2, 0.25) is 0 Å². The molecule has 0 saturated heterocycles. The number of esters is 1. The molecule has 0 saturated carbocycles. The standard InChI is InChI=1S/C25H32N2O3/c1-9-19-12-18(4)29-20(10-2)11-17(3)13-24(5,6)15-25(7,8)23(28)30-22(19)21-14-26-16-27-21/h9-12,14,16,22H,1-4,13,15H2,5-8H3,(H,26,27)/b19-12+,20-11+. The van der Waals surface area contributed by atoms with Crippen LogP contribution in [0.15, 0.2) is 85.8 Å². The maximum atomic E-state index is 13.2. The summed E-state index contributed by atoms with van der Waals surface area (Å²) in [6.45, 7) is 23.8. The van der Waals surface area contributed by atoms with Gasteiger partial charge in [-0.25, -0.2) is 4.98 Å². The number of H-pyrrole nitrogens is 1. The molecule has 1 aliphatic heterocycles. The van der Waals surface area contributed by atoms with E-state index in [4.69, 9.17) is 9.47 Å². The fourth-order valence-electron chi connectivity index (χ4n) is 3.92. The summed E-state index contributed by atoms with van der Waals surface area (Å²) in [6.07, 6.45) is 10.5. The summed E-state index contributed by atoms with van der Waals surface area (Å²) in [5, 5.41) is 0. The van der Waals surface area contributed by atoms with Crippen LogP contribution in [-0.4, -0.2) is 15.9 Å². The quantitative estimate of drug-likeness (QED) is 0.613. The predicted molar refractivity (Wildman–Crippen MR) is 120 cm³/mol. The number of aromatic amines is 1. The van der Waals surface area contributed by atoms with Gasteiger partial charge in [-0.05, 0) is 50.3 Å². The lowest BCUT2D eigenvalue weighted by Crippen LogP contribution is -2.33. The summed E-state index contributed by atoms with van der Waals surface area (Å²) in [4.78, 5) is 20.3. The van der Waals surface area contributed by atoms with E-state index in [2.05, 4.69) is 50.1 Å². The Morgan fingerprint density at radius 2 is 1.87 bits per heavy atom. The molecule has 1 unspecified atom stereocenters. The molecule has 0 aromatic carbocycles. The zero-order valence-electron chi connectivity index (χ0n) is 18.5. The third-order valence-corrected chi connectivity index (χ3v) is 4.87. The molecule has 0 amide bonds. The van der Waals surface area contributed by atoms with Crippen LogP contribution in [0, 0.1) is 10.8 Å². The van der Waals surface area contributed by atoms with E-state index in [9.17, 15) is 4.79 Å². The minimum Gasteiger partial charge on any atom is -0.458 e. The minimum atomic E-state index is -0.714. The topological polar surface area (TPSA) is 64.2 Å². The molecule has 1 aromatic rings. The van der Waals surface area contributed by atoms with Crippen LogP contribution in [0.2, 0.25) is 0 Å². The average molecular weight is 409 g/mol. The molecular formula is C25H32N2O3. The number of rotatable bonds is 3. The number of cyclic esters (lactones) is 1. The first-order valence-electron chi connectivity index (χ1n) is 9.89. The largest absolute Gasteiger partial charge is 0.458 e. The molecule has 1 N–H and O–H groups in total. The average Bonchev–Trinajstić information content (AvgIpc) is 3.15. The normalized spacial score (nSPS) is 26.1. The Labute approximate surface area is 179 Å². The summed E-state index contributed by atoms with van der Waals surface area (Å²) >= 11 is 0. The summed E-state index contributed by atoms with van der Waals surface area (Å²) in [5.74, 6) is 0.603. The molecule has 2 rings (SSSR count). The van der Waals surface area contributed by atoms with Crippen LogP contribution >= 0.6 is 0 Å². The second kappa shape index (κ2) is 9.16. The smallest absolute Gasteiger partial charge is 0.312 e. The van der Waals surface area contributed by atoms with Gasteiger partial charge in [0.25, 0.3) is 0 Å². The second-order valence-corrected chi connectivity index (χ2v) is 9.02. The first kappa shape index (κ1) is 23.2. The Kier molecular flexibility index (Phi) is 7.08. The highest BCUT2D eigenvalue weighted by atomic mass is 16.5.